The molecule has 0 spiro atoms. The van der Waals surface area contributed by atoms with E-state index in [1.165, 1.54) is 37.7 Å². The Morgan fingerprint density at radius 2 is 1.81 bits per heavy atom. The number of ether oxygens (including phenoxy) is 1. The van der Waals surface area contributed by atoms with Crippen LogP contribution in [0.15, 0.2) is 48.8 Å². The van der Waals surface area contributed by atoms with E-state index in [0.717, 1.165) is 11.3 Å². The number of urea groups is 1. The molecule has 1 saturated carbocycles. The summed E-state index contributed by atoms with van der Waals surface area (Å²) in [6.07, 6.45) is 10.1. The van der Waals surface area contributed by atoms with Crippen LogP contribution in [0.4, 0.5) is 10.5 Å². The monoisotopic (exact) mass is 367 g/mol. The molecule has 27 heavy (non-hydrogen) atoms. The lowest BCUT2D eigenvalue weighted by atomic mass is 9.84. The first-order valence-electron chi connectivity index (χ1n) is 9.80. The molecule has 1 aliphatic carbocycles. The smallest absolute Gasteiger partial charge is 0.322 e. The van der Waals surface area contributed by atoms with Gasteiger partial charge in [0.05, 0.1) is 6.61 Å². The third-order valence-corrected chi connectivity index (χ3v) is 5.21. The highest BCUT2D eigenvalue weighted by Crippen LogP contribution is 2.33. The second-order valence-electron chi connectivity index (χ2n) is 7.16. The summed E-state index contributed by atoms with van der Waals surface area (Å²) in [4.78, 5) is 18.5. The summed E-state index contributed by atoms with van der Waals surface area (Å²) in [6, 6.07) is 12.1. The largest absolute Gasteiger partial charge is 0.383 e. The van der Waals surface area contributed by atoms with Crippen molar-refractivity contribution in [3.63, 3.8) is 0 Å². The molecule has 0 radical (unpaired) electrons. The molecule has 0 saturated heterocycles. The third kappa shape index (κ3) is 5.79. The Morgan fingerprint density at radius 3 is 2.48 bits per heavy atom. The van der Waals surface area contributed by atoms with Gasteiger partial charge in [-0.1, -0.05) is 31.4 Å². The Bertz CT molecular complexity index is 697. The molecule has 2 aromatic rings. The van der Waals surface area contributed by atoms with Gasteiger partial charge in [-0.25, -0.2) is 4.79 Å². The molecule has 1 aromatic heterocycles. The van der Waals surface area contributed by atoms with Gasteiger partial charge < -0.3 is 15.0 Å². The average molecular weight is 367 g/mol. The highest BCUT2D eigenvalue weighted by Gasteiger charge is 2.17. The van der Waals surface area contributed by atoms with Gasteiger partial charge in [-0.15, -0.1) is 0 Å². The minimum absolute atomic E-state index is 0.116. The van der Waals surface area contributed by atoms with Gasteiger partial charge in [0.2, 0.25) is 0 Å². The van der Waals surface area contributed by atoms with E-state index in [0.29, 0.717) is 25.6 Å². The van der Waals surface area contributed by atoms with Crippen LogP contribution in [0.1, 0.15) is 49.1 Å². The van der Waals surface area contributed by atoms with Crippen molar-refractivity contribution >= 4 is 11.7 Å². The van der Waals surface area contributed by atoms with Crippen molar-refractivity contribution in [1.29, 1.82) is 0 Å². The predicted octanol–water partition coefficient (Wildman–Crippen LogP) is 4.81. The van der Waals surface area contributed by atoms with Crippen LogP contribution in [-0.4, -0.2) is 36.2 Å². The lowest BCUT2D eigenvalue weighted by Gasteiger charge is -2.24. The fraction of sp³-hybridized carbons (Fsp3) is 0.455. The summed E-state index contributed by atoms with van der Waals surface area (Å²) in [7, 11) is 1.65. The van der Waals surface area contributed by atoms with E-state index < -0.39 is 0 Å². The molecule has 1 N–H and O–H groups in total. The molecule has 0 aliphatic heterocycles. The number of pyridine rings is 1. The van der Waals surface area contributed by atoms with Gasteiger partial charge in [-0.05, 0) is 54.2 Å². The number of amides is 2. The quantitative estimate of drug-likeness (QED) is 0.764. The lowest BCUT2D eigenvalue weighted by Crippen LogP contribution is -2.36. The van der Waals surface area contributed by atoms with Crippen LogP contribution in [-0.2, 0) is 11.3 Å². The van der Waals surface area contributed by atoms with Gasteiger partial charge in [0.25, 0.3) is 0 Å². The molecule has 1 heterocycles. The molecule has 3 rings (SSSR count). The predicted molar refractivity (Wildman–Crippen MR) is 108 cm³/mol. The molecular weight excluding hydrogens is 338 g/mol. The second-order valence-corrected chi connectivity index (χ2v) is 7.16. The number of carbonyl (C=O) groups excluding carboxylic acids is 1. The Hall–Kier alpha value is -2.40. The van der Waals surface area contributed by atoms with Crippen LogP contribution < -0.4 is 5.32 Å². The van der Waals surface area contributed by atoms with Crippen molar-refractivity contribution in [3.8, 4) is 0 Å². The van der Waals surface area contributed by atoms with Crippen molar-refractivity contribution in [2.45, 2.75) is 44.6 Å². The molecule has 2 amide bonds. The number of nitrogens with zero attached hydrogens (tertiary/aromatic N) is 2. The number of benzene rings is 1. The van der Waals surface area contributed by atoms with Crippen LogP contribution in [0.5, 0.6) is 0 Å². The Kier molecular flexibility index (Phi) is 7.22. The molecule has 1 fully saturated rings. The number of anilines is 1. The van der Waals surface area contributed by atoms with Gasteiger partial charge in [0.15, 0.2) is 0 Å². The van der Waals surface area contributed by atoms with E-state index in [1.54, 1.807) is 24.4 Å². The van der Waals surface area contributed by atoms with Crippen LogP contribution >= 0.6 is 0 Å². The summed E-state index contributed by atoms with van der Waals surface area (Å²) >= 11 is 0. The molecule has 1 aromatic carbocycles. The zero-order chi connectivity index (χ0) is 18.9. The van der Waals surface area contributed by atoms with E-state index in [-0.39, 0.29) is 6.03 Å². The summed E-state index contributed by atoms with van der Waals surface area (Å²) < 4.78 is 5.16. The number of methoxy groups -OCH3 is 1. The van der Waals surface area contributed by atoms with Gasteiger partial charge in [-0.3, -0.25) is 4.98 Å². The van der Waals surface area contributed by atoms with E-state index in [2.05, 4.69) is 22.4 Å². The lowest BCUT2D eigenvalue weighted by molar-refractivity contribution is 0.153. The minimum atomic E-state index is -0.116. The summed E-state index contributed by atoms with van der Waals surface area (Å²) in [6.45, 7) is 1.56. The molecule has 0 unspecified atom stereocenters. The number of aromatic nitrogens is 1. The fourth-order valence-corrected chi connectivity index (χ4v) is 3.64. The maximum Gasteiger partial charge on any atom is 0.322 e. The number of carbonyl (C=O) groups is 1. The third-order valence-electron chi connectivity index (χ3n) is 5.21. The van der Waals surface area contributed by atoms with Crippen molar-refractivity contribution in [2.75, 3.05) is 25.6 Å². The number of hydrogen-bond donors (Lipinski definition) is 1. The molecule has 0 atom stereocenters. The first-order chi connectivity index (χ1) is 13.3. The molecule has 144 valence electrons. The average Bonchev–Trinajstić information content (AvgIpc) is 2.73. The first kappa shape index (κ1) is 19.4. The van der Waals surface area contributed by atoms with Gasteiger partial charge in [-0.2, -0.15) is 0 Å². The van der Waals surface area contributed by atoms with Crippen molar-refractivity contribution < 1.29 is 9.53 Å². The van der Waals surface area contributed by atoms with Crippen LogP contribution in [0.2, 0.25) is 0 Å². The van der Waals surface area contributed by atoms with Gasteiger partial charge in [0.1, 0.15) is 0 Å². The number of rotatable bonds is 7. The summed E-state index contributed by atoms with van der Waals surface area (Å²) in [5.41, 5.74) is 3.27. The highest BCUT2D eigenvalue weighted by atomic mass is 16.5. The summed E-state index contributed by atoms with van der Waals surface area (Å²) in [5.74, 6) is 0.674. The molecule has 5 nitrogen and oxygen atoms in total. The number of hydrogen-bond acceptors (Lipinski definition) is 3. The van der Waals surface area contributed by atoms with E-state index >= 15 is 0 Å². The van der Waals surface area contributed by atoms with Crippen molar-refractivity contribution in [1.82, 2.24) is 9.88 Å². The zero-order valence-corrected chi connectivity index (χ0v) is 16.1. The first-order valence-corrected chi connectivity index (χ1v) is 9.80. The number of nitrogens with one attached hydrogen (secondary N) is 1. The molecule has 5 heteroatoms. The van der Waals surface area contributed by atoms with E-state index in [4.69, 9.17) is 4.74 Å². The Morgan fingerprint density at radius 1 is 1.11 bits per heavy atom. The Balaban J connectivity index is 1.61. The topological polar surface area (TPSA) is 54.5 Å². The van der Waals surface area contributed by atoms with Gasteiger partial charge >= 0.3 is 6.03 Å². The molecule has 1 aliphatic rings. The standard InChI is InChI=1S/C22H29N3O2/c1-27-16-15-25(17-18-11-13-23-14-12-18)22(26)24-21-9-7-20(8-10-21)19-5-3-2-4-6-19/h7-14,19H,2-6,15-17H2,1H3,(H,24,26). The van der Waals surface area contributed by atoms with Crippen LogP contribution in [0, 0.1) is 0 Å². The van der Waals surface area contributed by atoms with Crippen LogP contribution in [0.25, 0.3) is 0 Å². The molecule has 0 bridgehead atoms. The Labute approximate surface area is 161 Å². The second kappa shape index (κ2) is 10.1. The highest BCUT2D eigenvalue weighted by molar-refractivity contribution is 5.89. The van der Waals surface area contributed by atoms with E-state index in [9.17, 15) is 4.79 Å². The van der Waals surface area contributed by atoms with Gasteiger partial charge in [0, 0.05) is 38.3 Å². The van der Waals surface area contributed by atoms with E-state index in [1.807, 2.05) is 24.3 Å². The zero-order valence-electron chi connectivity index (χ0n) is 16.1. The summed E-state index contributed by atoms with van der Waals surface area (Å²) in [5, 5.41) is 3.02. The van der Waals surface area contributed by atoms with Crippen molar-refractivity contribution in [2.24, 2.45) is 0 Å². The fourth-order valence-electron chi connectivity index (χ4n) is 3.64. The maximum absolute atomic E-state index is 12.8. The van der Waals surface area contributed by atoms with Crippen LogP contribution in [0.3, 0.4) is 0 Å². The maximum atomic E-state index is 12.8. The normalized spacial score (nSPS) is 14.7. The molecular formula is C22H29N3O2. The minimum Gasteiger partial charge on any atom is -0.383 e. The SMILES string of the molecule is COCCN(Cc1ccncc1)C(=O)Nc1ccc(C2CCCCC2)cc1. The van der Waals surface area contributed by atoms with Crippen molar-refractivity contribution in [3.05, 3.63) is 59.9 Å².